The second kappa shape index (κ2) is 7.26. The summed E-state index contributed by atoms with van der Waals surface area (Å²) in [4.78, 5) is 0. The normalized spacial score (nSPS) is 14.0. The van der Waals surface area contributed by atoms with Crippen LogP contribution in [0.25, 0.3) is 0 Å². The van der Waals surface area contributed by atoms with Gasteiger partial charge in [-0.25, -0.2) is 0 Å². The Hall–Kier alpha value is -0.830. The molecule has 3 heteroatoms. The molecule has 20 heavy (non-hydrogen) atoms. The highest BCUT2D eigenvalue weighted by Crippen LogP contribution is 2.19. The third-order valence-corrected chi connectivity index (χ3v) is 4.04. The van der Waals surface area contributed by atoms with Crippen LogP contribution < -0.4 is 5.32 Å². The van der Waals surface area contributed by atoms with E-state index >= 15 is 0 Å². The van der Waals surface area contributed by atoms with Crippen LogP contribution in [0.3, 0.4) is 0 Å². The first-order valence-corrected chi connectivity index (χ1v) is 7.97. The zero-order valence-corrected chi connectivity index (χ0v) is 14.1. The average Bonchev–Trinajstić information content (AvgIpc) is 2.38. The lowest BCUT2D eigenvalue weighted by Gasteiger charge is -2.21. The molecule has 2 aromatic rings. The molecule has 2 atom stereocenters. The van der Waals surface area contributed by atoms with Crippen LogP contribution in [0.1, 0.15) is 31.0 Å². The van der Waals surface area contributed by atoms with E-state index in [1.54, 1.807) is 0 Å². The van der Waals surface area contributed by atoms with Gasteiger partial charge >= 0.3 is 0 Å². The SMILES string of the molecule is CC(Cc1cccc(Cl)c1)NC(C)c1cccc(Br)c1. The first-order valence-electron chi connectivity index (χ1n) is 6.80. The van der Waals surface area contributed by atoms with Gasteiger partial charge in [-0.2, -0.15) is 0 Å². The van der Waals surface area contributed by atoms with Gasteiger partial charge in [0.2, 0.25) is 0 Å². The molecule has 0 aliphatic carbocycles. The highest BCUT2D eigenvalue weighted by atomic mass is 79.9. The van der Waals surface area contributed by atoms with Gasteiger partial charge in [0.05, 0.1) is 0 Å². The Labute approximate surface area is 134 Å². The second-order valence-corrected chi connectivity index (χ2v) is 6.53. The largest absolute Gasteiger partial charge is 0.307 e. The summed E-state index contributed by atoms with van der Waals surface area (Å²) in [5.41, 5.74) is 2.55. The molecular weight excluding hydrogens is 334 g/mol. The van der Waals surface area contributed by atoms with Gasteiger partial charge < -0.3 is 5.32 Å². The number of hydrogen-bond acceptors (Lipinski definition) is 1. The molecule has 0 saturated heterocycles. The maximum Gasteiger partial charge on any atom is 0.0408 e. The van der Waals surface area contributed by atoms with E-state index in [0.717, 1.165) is 15.9 Å². The monoisotopic (exact) mass is 351 g/mol. The molecule has 1 nitrogen and oxygen atoms in total. The quantitative estimate of drug-likeness (QED) is 0.761. The first kappa shape index (κ1) is 15.6. The van der Waals surface area contributed by atoms with E-state index in [-0.39, 0.29) is 0 Å². The predicted octanol–water partition coefficient (Wildman–Crippen LogP) is 5.38. The Morgan fingerprint density at radius 1 is 1.10 bits per heavy atom. The van der Waals surface area contributed by atoms with Gasteiger partial charge in [-0.05, 0) is 55.7 Å². The van der Waals surface area contributed by atoms with Crippen molar-refractivity contribution in [2.24, 2.45) is 0 Å². The summed E-state index contributed by atoms with van der Waals surface area (Å²) < 4.78 is 1.12. The van der Waals surface area contributed by atoms with Crippen molar-refractivity contribution in [2.75, 3.05) is 0 Å². The van der Waals surface area contributed by atoms with Gasteiger partial charge in [0.25, 0.3) is 0 Å². The molecule has 0 amide bonds. The molecule has 0 aromatic heterocycles. The van der Waals surface area contributed by atoms with Crippen LogP contribution in [0.4, 0.5) is 0 Å². The molecule has 2 rings (SSSR count). The average molecular weight is 353 g/mol. The van der Waals surface area contributed by atoms with Crippen molar-refractivity contribution >= 4 is 27.5 Å². The van der Waals surface area contributed by atoms with E-state index in [4.69, 9.17) is 11.6 Å². The van der Waals surface area contributed by atoms with Crippen molar-refractivity contribution < 1.29 is 0 Å². The highest BCUT2D eigenvalue weighted by molar-refractivity contribution is 9.10. The third kappa shape index (κ3) is 4.62. The van der Waals surface area contributed by atoms with Crippen LogP contribution >= 0.6 is 27.5 Å². The molecule has 2 unspecified atom stereocenters. The summed E-state index contributed by atoms with van der Waals surface area (Å²) in [5, 5.41) is 4.43. The van der Waals surface area contributed by atoms with Gasteiger partial charge in [-0.1, -0.05) is 51.8 Å². The molecule has 0 fully saturated rings. The molecule has 0 heterocycles. The predicted molar refractivity (Wildman–Crippen MR) is 90.3 cm³/mol. The van der Waals surface area contributed by atoms with Crippen LogP contribution in [0, 0.1) is 0 Å². The second-order valence-electron chi connectivity index (χ2n) is 5.18. The maximum atomic E-state index is 6.02. The number of halogens is 2. The van der Waals surface area contributed by atoms with Gasteiger partial charge in [-0.15, -0.1) is 0 Å². The minimum atomic E-state index is 0.321. The Balaban J connectivity index is 1.95. The number of rotatable bonds is 5. The molecule has 0 radical (unpaired) electrons. The Bertz CT molecular complexity index is 570. The van der Waals surface area contributed by atoms with Gasteiger partial charge in [-0.3, -0.25) is 0 Å². The summed E-state index contributed by atoms with van der Waals surface area (Å²) in [6.07, 6.45) is 0.971. The minimum Gasteiger partial charge on any atom is -0.307 e. The lowest BCUT2D eigenvalue weighted by atomic mass is 10.0. The van der Waals surface area contributed by atoms with E-state index < -0.39 is 0 Å². The molecule has 0 aliphatic heterocycles. The Morgan fingerprint density at radius 3 is 2.55 bits per heavy atom. The lowest BCUT2D eigenvalue weighted by Crippen LogP contribution is -2.30. The topological polar surface area (TPSA) is 12.0 Å². The van der Waals surface area contributed by atoms with Crippen LogP contribution in [0.15, 0.2) is 53.0 Å². The standard InChI is InChI=1S/C17H19BrClN/c1-12(9-14-5-3-8-17(19)10-14)20-13(2)15-6-4-7-16(18)11-15/h3-8,10-13,20H,9H2,1-2H3. The molecule has 0 aliphatic rings. The zero-order valence-electron chi connectivity index (χ0n) is 11.7. The number of nitrogens with one attached hydrogen (secondary N) is 1. The molecule has 0 spiro atoms. The third-order valence-electron chi connectivity index (χ3n) is 3.31. The van der Waals surface area contributed by atoms with Gasteiger partial charge in [0.1, 0.15) is 0 Å². The van der Waals surface area contributed by atoms with E-state index in [1.807, 2.05) is 24.3 Å². The Kier molecular flexibility index (Phi) is 5.64. The van der Waals surface area contributed by atoms with Gasteiger partial charge in [0, 0.05) is 21.6 Å². The fraction of sp³-hybridized carbons (Fsp3) is 0.294. The van der Waals surface area contributed by atoms with Crippen molar-refractivity contribution in [1.29, 1.82) is 0 Å². The van der Waals surface area contributed by atoms with Crippen LogP contribution in [0.5, 0.6) is 0 Å². The fourth-order valence-electron chi connectivity index (χ4n) is 2.38. The number of benzene rings is 2. The molecular formula is C17H19BrClN. The van der Waals surface area contributed by atoms with E-state index in [9.17, 15) is 0 Å². The first-order chi connectivity index (χ1) is 9.54. The summed E-state index contributed by atoms with van der Waals surface area (Å²) in [7, 11) is 0. The number of hydrogen-bond donors (Lipinski definition) is 1. The van der Waals surface area contributed by atoms with Crippen molar-refractivity contribution in [2.45, 2.75) is 32.4 Å². The summed E-state index contributed by atoms with van der Waals surface area (Å²) in [6.45, 7) is 4.39. The van der Waals surface area contributed by atoms with E-state index in [0.29, 0.717) is 12.1 Å². The van der Waals surface area contributed by atoms with Gasteiger partial charge in [0.15, 0.2) is 0 Å². The smallest absolute Gasteiger partial charge is 0.0408 e. The van der Waals surface area contributed by atoms with Crippen molar-refractivity contribution in [1.82, 2.24) is 5.32 Å². The summed E-state index contributed by atoms with van der Waals surface area (Å²) in [6, 6.07) is 17.2. The molecule has 1 N–H and O–H groups in total. The summed E-state index contributed by atoms with van der Waals surface area (Å²) in [5.74, 6) is 0. The van der Waals surface area contributed by atoms with E-state index in [2.05, 4.69) is 59.4 Å². The van der Waals surface area contributed by atoms with Crippen LogP contribution in [-0.4, -0.2) is 6.04 Å². The maximum absolute atomic E-state index is 6.02. The molecule has 106 valence electrons. The van der Waals surface area contributed by atoms with Crippen LogP contribution in [-0.2, 0) is 6.42 Å². The Morgan fingerprint density at radius 2 is 1.85 bits per heavy atom. The molecule has 0 saturated carbocycles. The minimum absolute atomic E-state index is 0.321. The van der Waals surface area contributed by atoms with E-state index in [1.165, 1.54) is 11.1 Å². The van der Waals surface area contributed by atoms with Crippen LogP contribution in [0.2, 0.25) is 5.02 Å². The van der Waals surface area contributed by atoms with Crippen molar-refractivity contribution in [3.05, 3.63) is 69.2 Å². The highest BCUT2D eigenvalue weighted by Gasteiger charge is 2.10. The molecule has 0 bridgehead atoms. The lowest BCUT2D eigenvalue weighted by molar-refractivity contribution is 0.477. The van der Waals surface area contributed by atoms with Crippen molar-refractivity contribution in [3.8, 4) is 0 Å². The fourth-order valence-corrected chi connectivity index (χ4v) is 3.01. The zero-order chi connectivity index (χ0) is 14.5. The summed E-state index contributed by atoms with van der Waals surface area (Å²) >= 11 is 9.54. The van der Waals surface area contributed by atoms with Crippen molar-refractivity contribution in [3.63, 3.8) is 0 Å². The molecule has 2 aromatic carbocycles.